The summed E-state index contributed by atoms with van der Waals surface area (Å²) in [7, 11) is 3.54. The second-order valence-electron chi connectivity index (χ2n) is 5.51. The third-order valence-corrected chi connectivity index (χ3v) is 4.72. The summed E-state index contributed by atoms with van der Waals surface area (Å²) >= 11 is 3.37. The Morgan fingerprint density at radius 2 is 1.90 bits per heavy atom. The number of hydrogen-bond donors (Lipinski definition) is 1. The molecule has 1 aromatic carbocycles. The van der Waals surface area contributed by atoms with Crippen molar-refractivity contribution in [3.8, 4) is 0 Å². The SMILES string of the molecule is CN(C)C(=O)C1CCN(C(=O)c2cccc(N)c2Br)CC1. The van der Waals surface area contributed by atoms with E-state index >= 15 is 0 Å². The third kappa shape index (κ3) is 3.37. The summed E-state index contributed by atoms with van der Waals surface area (Å²) in [5.74, 6) is 0.130. The van der Waals surface area contributed by atoms with Crippen LogP contribution in [0.4, 0.5) is 5.69 Å². The minimum Gasteiger partial charge on any atom is -0.398 e. The van der Waals surface area contributed by atoms with Gasteiger partial charge in [-0.1, -0.05) is 6.07 Å². The van der Waals surface area contributed by atoms with Gasteiger partial charge in [0.05, 0.1) is 10.0 Å². The maximum absolute atomic E-state index is 12.5. The first-order valence-electron chi connectivity index (χ1n) is 6.96. The summed E-state index contributed by atoms with van der Waals surface area (Å²) in [6.45, 7) is 1.20. The molecule has 1 aliphatic rings. The molecule has 1 aromatic rings. The highest BCUT2D eigenvalue weighted by Crippen LogP contribution is 2.27. The van der Waals surface area contributed by atoms with Crippen LogP contribution in [-0.2, 0) is 4.79 Å². The lowest BCUT2D eigenvalue weighted by Gasteiger charge is -2.32. The molecule has 2 amide bonds. The number of carbonyl (C=O) groups is 2. The number of piperidine rings is 1. The number of amides is 2. The summed E-state index contributed by atoms with van der Waals surface area (Å²) in [6.07, 6.45) is 1.42. The number of likely N-dealkylation sites (tertiary alicyclic amines) is 1. The maximum Gasteiger partial charge on any atom is 0.255 e. The molecule has 0 atom stereocenters. The molecule has 114 valence electrons. The fourth-order valence-electron chi connectivity index (χ4n) is 2.58. The molecule has 0 aromatic heterocycles. The van der Waals surface area contributed by atoms with Crippen molar-refractivity contribution < 1.29 is 9.59 Å². The first-order valence-corrected chi connectivity index (χ1v) is 7.75. The lowest BCUT2D eigenvalue weighted by molar-refractivity contribution is -0.134. The van der Waals surface area contributed by atoms with Crippen LogP contribution < -0.4 is 5.73 Å². The lowest BCUT2D eigenvalue weighted by atomic mass is 9.95. The molecule has 0 aliphatic carbocycles. The predicted molar refractivity (Wildman–Crippen MR) is 85.9 cm³/mol. The van der Waals surface area contributed by atoms with Gasteiger partial charge in [0.25, 0.3) is 5.91 Å². The van der Waals surface area contributed by atoms with Gasteiger partial charge >= 0.3 is 0 Å². The Morgan fingerprint density at radius 3 is 2.48 bits per heavy atom. The van der Waals surface area contributed by atoms with E-state index in [1.807, 2.05) is 0 Å². The molecule has 1 saturated heterocycles. The Hall–Kier alpha value is -1.56. The molecule has 6 heteroatoms. The van der Waals surface area contributed by atoms with Gasteiger partial charge in [-0.15, -0.1) is 0 Å². The number of carbonyl (C=O) groups excluding carboxylic acids is 2. The van der Waals surface area contributed by atoms with Crippen LogP contribution in [-0.4, -0.2) is 48.8 Å². The molecule has 0 spiro atoms. The van der Waals surface area contributed by atoms with Crippen LogP contribution >= 0.6 is 15.9 Å². The van der Waals surface area contributed by atoms with Crippen LogP contribution in [0.3, 0.4) is 0 Å². The van der Waals surface area contributed by atoms with E-state index in [0.29, 0.717) is 41.7 Å². The Labute approximate surface area is 133 Å². The predicted octanol–water partition coefficient (Wildman–Crippen LogP) is 1.97. The first-order chi connectivity index (χ1) is 9.91. The standard InChI is InChI=1S/C15H20BrN3O2/c1-18(2)14(20)10-6-8-19(9-7-10)15(21)11-4-3-5-12(17)13(11)16/h3-5,10H,6-9,17H2,1-2H3. The number of halogens is 1. The van der Waals surface area contributed by atoms with E-state index < -0.39 is 0 Å². The van der Waals surface area contributed by atoms with E-state index in [1.165, 1.54) is 0 Å². The molecular weight excluding hydrogens is 334 g/mol. The van der Waals surface area contributed by atoms with Crippen molar-refractivity contribution in [2.24, 2.45) is 5.92 Å². The number of nitrogens with zero attached hydrogens (tertiary/aromatic N) is 2. The highest BCUT2D eigenvalue weighted by Gasteiger charge is 2.29. The van der Waals surface area contributed by atoms with Crippen LogP contribution in [0.25, 0.3) is 0 Å². The van der Waals surface area contributed by atoms with Crippen molar-refractivity contribution in [2.75, 3.05) is 32.9 Å². The number of benzene rings is 1. The van der Waals surface area contributed by atoms with Gasteiger partial charge in [-0.2, -0.15) is 0 Å². The van der Waals surface area contributed by atoms with Crippen molar-refractivity contribution in [3.63, 3.8) is 0 Å². The van der Waals surface area contributed by atoms with Crippen LogP contribution in [0, 0.1) is 5.92 Å². The molecule has 5 nitrogen and oxygen atoms in total. The molecule has 0 unspecified atom stereocenters. The second-order valence-corrected chi connectivity index (χ2v) is 6.30. The highest BCUT2D eigenvalue weighted by molar-refractivity contribution is 9.10. The Morgan fingerprint density at radius 1 is 1.29 bits per heavy atom. The van der Waals surface area contributed by atoms with E-state index in [2.05, 4.69) is 15.9 Å². The van der Waals surface area contributed by atoms with Crippen LogP contribution in [0.1, 0.15) is 23.2 Å². The molecule has 0 saturated carbocycles. The van der Waals surface area contributed by atoms with Crippen molar-refractivity contribution in [1.82, 2.24) is 9.80 Å². The maximum atomic E-state index is 12.5. The molecule has 1 aliphatic heterocycles. The van der Waals surface area contributed by atoms with E-state index in [0.717, 1.165) is 0 Å². The molecule has 0 bridgehead atoms. The van der Waals surface area contributed by atoms with Crippen molar-refractivity contribution in [3.05, 3.63) is 28.2 Å². The molecule has 2 rings (SSSR count). The summed E-state index contributed by atoms with van der Waals surface area (Å²) in [5, 5.41) is 0. The average molecular weight is 354 g/mol. The quantitative estimate of drug-likeness (QED) is 0.826. The van der Waals surface area contributed by atoms with E-state index in [-0.39, 0.29) is 17.7 Å². The summed E-state index contributed by atoms with van der Waals surface area (Å²) < 4.78 is 0.640. The minimum atomic E-state index is -0.0371. The zero-order chi connectivity index (χ0) is 15.6. The number of rotatable bonds is 2. The molecular formula is C15H20BrN3O2. The molecule has 21 heavy (non-hydrogen) atoms. The van der Waals surface area contributed by atoms with Crippen molar-refractivity contribution >= 4 is 33.4 Å². The third-order valence-electron chi connectivity index (χ3n) is 3.83. The largest absolute Gasteiger partial charge is 0.398 e. The van der Waals surface area contributed by atoms with E-state index in [9.17, 15) is 9.59 Å². The van der Waals surface area contributed by atoms with Crippen molar-refractivity contribution in [2.45, 2.75) is 12.8 Å². The van der Waals surface area contributed by atoms with E-state index in [1.54, 1.807) is 42.1 Å². The zero-order valence-electron chi connectivity index (χ0n) is 12.3. The van der Waals surface area contributed by atoms with Crippen LogP contribution in [0.2, 0.25) is 0 Å². The number of nitrogen functional groups attached to an aromatic ring is 1. The van der Waals surface area contributed by atoms with Crippen molar-refractivity contribution in [1.29, 1.82) is 0 Å². The second kappa shape index (κ2) is 6.47. The van der Waals surface area contributed by atoms with Gasteiger partial charge in [0.1, 0.15) is 0 Å². The number of nitrogens with two attached hydrogens (primary N) is 1. The molecule has 1 heterocycles. The number of hydrogen-bond acceptors (Lipinski definition) is 3. The minimum absolute atomic E-state index is 0.0216. The summed E-state index contributed by atoms with van der Waals surface area (Å²) in [4.78, 5) is 27.9. The first kappa shape index (κ1) is 15.8. The van der Waals surface area contributed by atoms with Gasteiger partial charge in [-0.25, -0.2) is 0 Å². The van der Waals surface area contributed by atoms with Gasteiger partial charge in [0.15, 0.2) is 0 Å². The fraction of sp³-hybridized carbons (Fsp3) is 0.467. The average Bonchev–Trinajstić information content (AvgIpc) is 2.48. The fourth-order valence-corrected chi connectivity index (χ4v) is 3.01. The number of anilines is 1. The monoisotopic (exact) mass is 353 g/mol. The normalized spacial score (nSPS) is 15.9. The molecule has 0 radical (unpaired) electrons. The van der Waals surface area contributed by atoms with Gasteiger partial charge in [0.2, 0.25) is 5.91 Å². The zero-order valence-corrected chi connectivity index (χ0v) is 13.9. The Balaban J connectivity index is 2.04. The smallest absolute Gasteiger partial charge is 0.255 e. The molecule has 2 N–H and O–H groups in total. The van der Waals surface area contributed by atoms with Crippen LogP contribution in [0.15, 0.2) is 22.7 Å². The van der Waals surface area contributed by atoms with Gasteiger partial charge in [0, 0.05) is 38.8 Å². The Bertz CT molecular complexity index is 552. The molecule has 1 fully saturated rings. The lowest BCUT2D eigenvalue weighted by Crippen LogP contribution is -2.42. The summed E-state index contributed by atoms with van der Waals surface area (Å²) in [6, 6.07) is 5.29. The highest BCUT2D eigenvalue weighted by atomic mass is 79.9. The summed E-state index contributed by atoms with van der Waals surface area (Å²) in [5.41, 5.74) is 6.95. The van der Waals surface area contributed by atoms with Crippen LogP contribution in [0.5, 0.6) is 0 Å². The van der Waals surface area contributed by atoms with Gasteiger partial charge < -0.3 is 15.5 Å². The van der Waals surface area contributed by atoms with Gasteiger partial charge in [-0.3, -0.25) is 9.59 Å². The topological polar surface area (TPSA) is 66.6 Å². The van der Waals surface area contributed by atoms with Gasteiger partial charge in [-0.05, 0) is 40.9 Å². The van der Waals surface area contributed by atoms with E-state index in [4.69, 9.17) is 5.73 Å². The Kier molecular flexibility index (Phi) is 4.88.